The normalized spacial score (nSPS) is 13.7. The van der Waals surface area contributed by atoms with Crippen LogP contribution in [0.1, 0.15) is 58.8 Å². The molecular formula is C16H29NO4. The van der Waals surface area contributed by atoms with E-state index in [1.54, 1.807) is 0 Å². The van der Waals surface area contributed by atoms with Crippen LogP contribution >= 0.6 is 0 Å². The van der Waals surface area contributed by atoms with Gasteiger partial charge in [-0.2, -0.15) is 0 Å². The van der Waals surface area contributed by atoms with Crippen LogP contribution in [0.15, 0.2) is 12.7 Å². The zero-order valence-electron chi connectivity index (χ0n) is 13.2. The van der Waals surface area contributed by atoms with Crippen molar-refractivity contribution in [3.8, 4) is 0 Å². The van der Waals surface area contributed by atoms with Crippen LogP contribution in [0.2, 0.25) is 0 Å². The van der Waals surface area contributed by atoms with E-state index in [1.165, 1.54) is 0 Å². The van der Waals surface area contributed by atoms with Crippen molar-refractivity contribution in [2.24, 2.45) is 5.92 Å². The Hall–Kier alpha value is -1.36. The minimum absolute atomic E-state index is 0.180. The predicted molar refractivity (Wildman–Crippen MR) is 82.9 cm³/mol. The summed E-state index contributed by atoms with van der Waals surface area (Å²) in [5.41, 5.74) is 0. The van der Waals surface area contributed by atoms with E-state index in [1.807, 2.05) is 19.9 Å². The van der Waals surface area contributed by atoms with Gasteiger partial charge in [0.1, 0.15) is 12.1 Å². The molecule has 0 aromatic heterocycles. The third-order valence-corrected chi connectivity index (χ3v) is 3.26. The minimum atomic E-state index is -1.14. The molecule has 0 saturated carbocycles. The Morgan fingerprint density at radius 1 is 1.19 bits per heavy atom. The molecular weight excluding hydrogens is 270 g/mol. The van der Waals surface area contributed by atoms with Crippen LogP contribution in [-0.4, -0.2) is 34.2 Å². The topological polar surface area (TPSA) is 86.6 Å². The molecule has 0 aromatic rings. The van der Waals surface area contributed by atoms with Crippen molar-refractivity contribution in [3.63, 3.8) is 0 Å². The number of hydrogen-bond donors (Lipinski definition) is 3. The fraction of sp³-hybridized carbons (Fsp3) is 0.750. The number of nitrogens with one attached hydrogen (secondary N) is 1. The first-order valence-electron chi connectivity index (χ1n) is 7.70. The van der Waals surface area contributed by atoms with E-state index in [9.17, 15) is 14.7 Å². The van der Waals surface area contributed by atoms with Crippen molar-refractivity contribution in [2.75, 3.05) is 0 Å². The largest absolute Gasteiger partial charge is 0.480 e. The fourth-order valence-corrected chi connectivity index (χ4v) is 2.07. The van der Waals surface area contributed by atoms with Crippen molar-refractivity contribution >= 4 is 11.9 Å². The number of carbonyl (C=O) groups excluding carboxylic acids is 1. The molecule has 0 radical (unpaired) electrons. The molecule has 2 atom stereocenters. The molecule has 3 N–H and O–H groups in total. The summed E-state index contributed by atoms with van der Waals surface area (Å²) in [6, 6.07) is -0.918. The number of hydrogen-bond acceptors (Lipinski definition) is 3. The number of aliphatic hydroxyl groups excluding tert-OH is 1. The lowest BCUT2D eigenvalue weighted by atomic mass is 10.0. The number of allylic oxidation sites excluding steroid dienone is 1. The number of rotatable bonds is 12. The highest BCUT2D eigenvalue weighted by Crippen LogP contribution is 2.09. The Bertz CT molecular complexity index is 328. The molecule has 0 heterocycles. The summed E-state index contributed by atoms with van der Waals surface area (Å²) in [7, 11) is 0. The second-order valence-electron chi connectivity index (χ2n) is 5.82. The van der Waals surface area contributed by atoms with Crippen molar-refractivity contribution in [1.82, 2.24) is 5.32 Å². The quantitative estimate of drug-likeness (QED) is 0.382. The molecule has 0 spiro atoms. The Balaban J connectivity index is 4.09. The van der Waals surface area contributed by atoms with Crippen molar-refractivity contribution in [1.29, 1.82) is 0 Å². The first-order valence-corrected chi connectivity index (χ1v) is 7.70. The van der Waals surface area contributed by atoms with E-state index in [0.29, 0.717) is 12.8 Å². The summed E-state index contributed by atoms with van der Waals surface area (Å²) < 4.78 is 0. The highest BCUT2D eigenvalue weighted by molar-refractivity contribution is 5.86. The highest BCUT2D eigenvalue weighted by Gasteiger charge is 2.23. The van der Waals surface area contributed by atoms with Crippen molar-refractivity contribution < 1.29 is 19.8 Å². The second-order valence-corrected chi connectivity index (χ2v) is 5.82. The Morgan fingerprint density at radius 3 is 2.33 bits per heavy atom. The van der Waals surface area contributed by atoms with Crippen LogP contribution in [-0.2, 0) is 9.59 Å². The van der Waals surface area contributed by atoms with E-state index >= 15 is 0 Å². The zero-order valence-corrected chi connectivity index (χ0v) is 13.2. The molecule has 0 rings (SSSR count). The molecule has 1 amide bonds. The van der Waals surface area contributed by atoms with Crippen LogP contribution < -0.4 is 5.32 Å². The molecule has 21 heavy (non-hydrogen) atoms. The maximum Gasteiger partial charge on any atom is 0.326 e. The number of amides is 1. The summed E-state index contributed by atoms with van der Waals surface area (Å²) in [5, 5.41) is 21.2. The Kier molecular flexibility index (Phi) is 10.6. The van der Waals surface area contributed by atoms with E-state index in [-0.39, 0.29) is 5.92 Å². The molecule has 0 unspecified atom stereocenters. The van der Waals surface area contributed by atoms with Gasteiger partial charge in [-0.05, 0) is 31.6 Å². The SMILES string of the molecule is C=CCCCCCC[C@H](NC(=O)[C@H](O)CC(C)C)C(=O)O. The van der Waals surface area contributed by atoms with Gasteiger partial charge in [0.2, 0.25) is 5.91 Å². The van der Waals surface area contributed by atoms with Crippen LogP contribution in [0.3, 0.4) is 0 Å². The molecule has 0 aliphatic carbocycles. The lowest BCUT2D eigenvalue weighted by Crippen LogP contribution is -2.45. The average Bonchev–Trinajstić information content (AvgIpc) is 2.39. The number of unbranched alkanes of at least 4 members (excludes halogenated alkanes) is 4. The van der Waals surface area contributed by atoms with Gasteiger partial charge in [0.25, 0.3) is 0 Å². The maximum absolute atomic E-state index is 11.7. The predicted octanol–water partition coefficient (Wildman–Crippen LogP) is 2.49. The van der Waals surface area contributed by atoms with Gasteiger partial charge < -0.3 is 15.5 Å². The van der Waals surface area contributed by atoms with E-state index in [0.717, 1.165) is 32.1 Å². The van der Waals surface area contributed by atoms with Crippen LogP contribution in [0.25, 0.3) is 0 Å². The first kappa shape index (κ1) is 19.6. The minimum Gasteiger partial charge on any atom is -0.480 e. The van der Waals surface area contributed by atoms with E-state index in [4.69, 9.17) is 5.11 Å². The standard InChI is InChI=1S/C16H29NO4/c1-4-5-6-7-8-9-10-13(16(20)21)17-15(19)14(18)11-12(2)3/h4,12-14,18H,1,5-11H2,2-3H3,(H,17,19)(H,20,21)/t13-,14+/m0/s1. The molecule has 5 heteroatoms. The number of carbonyl (C=O) groups is 2. The third-order valence-electron chi connectivity index (χ3n) is 3.26. The van der Waals surface area contributed by atoms with Gasteiger partial charge in [0.15, 0.2) is 0 Å². The Labute approximate surface area is 127 Å². The molecule has 0 aliphatic heterocycles. The summed E-state index contributed by atoms with van der Waals surface area (Å²) in [6.07, 6.45) is 6.19. The maximum atomic E-state index is 11.7. The van der Waals surface area contributed by atoms with E-state index in [2.05, 4.69) is 11.9 Å². The summed E-state index contributed by atoms with van der Waals surface area (Å²) in [6.45, 7) is 7.45. The fourth-order valence-electron chi connectivity index (χ4n) is 2.07. The smallest absolute Gasteiger partial charge is 0.326 e. The van der Waals surface area contributed by atoms with Crippen molar-refractivity contribution in [3.05, 3.63) is 12.7 Å². The third kappa shape index (κ3) is 10.1. The monoisotopic (exact) mass is 299 g/mol. The average molecular weight is 299 g/mol. The molecule has 0 aliphatic rings. The van der Waals surface area contributed by atoms with Crippen LogP contribution in [0.5, 0.6) is 0 Å². The number of carboxylic acids is 1. The summed E-state index contributed by atoms with van der Waals surface area (Å²) in [4.78, 5) is 22.9. The summed E-state index contributed by atoms with van der Waals surface area (Å²) in [5.74, 6) is -1.46. The lowest BCUT2D eigenvalue weighted by Gasteiger charge is -2.18. The zero-order chi connectivity index (χ0) is 16.3. The molecule has 0 bridgehead atoms. The molecule has 0 aromatic carbocycles. The highest BCUT2D eigenvalue weighted by atomic mass is 16.4. The lowest BCUT2D eigenvalue weighted by molar-refractivity contribution is -0.143. The summed E-state index contributed by atoms with van der Waals surface area (Å²) >= 11 is 0. The number of carboxylic acid groups (broad SMARTS) is 1. The molecule has 5 nitrogen and oxygen atoms in total. The van der Waals surface area contributed by atoms with Gasteiger partial charge in [0.05, 0.1) is 0 Å². The van der Waals surface area contributed by atoms with Crippen molar-refractivity contribution in [2.45, 2.75) is 70.9 Å². The van der Waals surface area contributed by atoms with Crippen LogP contribution in [0, 0.1) is 5.92 Å². The van der Waals surface area contributed by atoms with Gasteiger partial charge >= 0.3 is 5.97 Å². The second kappa shape index (κ2) is 11.3. The Morgan fingerprint density at radius 2 is 1.81 bits per heavy atom. The van der Waals surface area contributed by atoms with Crippen LogP contribution in [0.4, 0.5) is 0 Å². The van der Waals surface area contributed by atoms with Gasteiger partial charge in [-0.1, -0.05) is 39.2 Å². The number of aliphatic carboxylic acids is 1. The number of aliphatic hydroxyl groups is 1. The van der Waals surface area contributed by atoms with E-state index < -0.39 is 24.0 Å². The van der Waals surface area contributed by atoms with Gasteiger partial charge in [-0.3, -0.25) is 4.79 Å². The first-order chi connectivity index (χ1) is 9.88. The van der Waals surface area contributed by atoms with Gasteiger partial charge in [0, 0.05) is 0 Å². The van der Waals surface area contributed by atoms with Gasteiger partial charge in [-0.15, -0.1) is 6.58 Å². The molecule has 122 valence electrons. The molecule has 0 saturated heterocycles. The van der Waals surface area contributed by atoms with Gasteiger partial charge in [-0.25, -0.2) is 4.79 Å². The molecule has 0 fully saturated rings.